The molecule has 10 heteroatoms. The molecule has 1 aromatic carbocycles. The molecule has 0 radical (unpaired) electrons. The largest absolute Gasteiger partial charge is 0.842 e. The molecular formula is C30H18F3N5O2. The Morgan fingerprint density at radius 1 is 0.775 bits per heavy atom. The molecule has 7 nitrogen and oxygen atoms in total. The second-order valence-corrected chi connectivity index (χ2v) is 8.99. The molecule has 0 aliphatic heterocycles. The molecule has 40 heavy (non-hydrogen) atoms. The van der Waals surface area contributed by atoms with E-state index in [-0.39, 0.29) is 23.2 Å². The highest BCUT2D eigenvalue weighted by atomic mass is 19.1. The normalized spacial score (nSPS) is 11.2. The smallest absolute Gasteiger partial charge is 0.349 e. The summed E-state index contributed by atoms with van der Waals surface area (Å²) in [7, 11) is 0. The fraction of sp³-hybridized carbons (Fsp3) is 0.0333. The summed E-state index contributed by atoms with van der Waals surface area (Å²) in [5.74, 6) is -2.49. The monoisotopic (exact) mass is 537 g/mol. The van der Waals surface area contributed by atoms with Gasteiger partial charge in [-0.05, 0) is 54.1 Å². The van der Waals surface area contributed by atoms with E-state index in [1.165, 1.54) is 45.6 Å². The van der Waals surface area contributed by atoms with Crippen molar-refractivity contribution in [2.24, 2.45) is 0 Å². The number of halogens is 3. The molecule has 0 unspecified atom stereocenters. The van der Waals surface area contributed by atoms with Crippen LogP contribution < -0.4 is 15.2 Å². The van der Waals surface area contributed by atoms with Crippen molar-refractivity contribution in [1.82, 2.24) is 19.4 Å². The summed E-state index contributed by atoms with van der Waals surface area (Å²) in [4.78, 5) is 25.1. The Kier molecular flexibility index (Phi) is 6.27. The standard InChI is InChI=1S/C30H18F3N5O2/c31-23-8-5-19(13-22(23)20-6-10-25(32)35-15-20)28-29(39)37-12-2-1-3-27(37)38(30(28)40)17-18-4-9-24(34-14-18)21-7-11-26(33)36-16-21/h1-16H,17H2. The molecule has 0 fully saturated rings. The molecule has 0 N–H and O–H groups in total. The molecule has 0 bridgehead atoms. The van der Waals surface area contributed by atoms with Gasteiger partial charge in [-0.1, -0.05) is 18.2 Å². The number of nitrogens with zero attached hydrogens (tertiary/aromatic N) is 5. The molecular weight excluding hydrogens is 519 g/mol. The summed E-state index contributed by atoms with van der Waals surface area (Å²) in [6, 6.07) is 17.7. The molecule has 0 saturated heterocycles. The molecule has 5 aromatic heterocycles. The first-order valence-electron chi connectivity index (χ1n) is 12.1. The zero-order chi connectivity index (χ0) is 27.8. The summed E-state index contributed by atoms with van der Waals surface area (Å²) < 4.78 is 44.1. The van der Waals surface area contributed by atoms with Crippen LogP contribution in [0.2, 0.25) is 0 Å². The molecule has 196 valence electrons. The highest BCUT2D eigenvalue weighted by Gasteiger charge is 2.21. The lowest BCUT2D eigenvalue weighted by atomic mass is 10.0. The van der Waals surface area contributed by atoms with Crippen LogP contribution in [0, 0.1) is 17.7 Å². The van der Waals surface area contributed by atoms with Gasteiger partial charge in [-0.3, -0.25) is 4.98 Å². The molecule has 0 aliphatic rings. The van der Waals surface area contributed by atoms with Crippen LogP contribution in [0.4, 0.5) is 13.2 Å². The van der Waals surface area contributed by atoms with Gasteiger partial charge in [0, 0.05) is 46.9 Å². The van der Waals surface area contributed by atoms with Crippen LogP contribution in [-0.2, 0) is 6.54 Å². The second-order valence-electron chi connectivity index (χ2n) is 8.99. The number of hydrogen-bond acceptors (Lipinski definition) is 5. The lowest BCUT2D eigenvalue weighted by Crippen LogP contribution is -2.44. The third-order valence-electron chi connectivity index (χ3n) is 6.49. The van der Waals surface area contributed by atoms with E-state index in [0.29, 0.717) is 28.0 Å². The second kappa shape index (κ2) is 10.1. The minimum absolute atomic E-state index is 0.0728. The molecule has 0 spiro atoms. The maximum absolute atomic E-state index is 14.7. The first-order valence-corrected chi connectivity index (χ1v) is 12.1. The Morgan fingerprint density at radius 3 is 2.17 bits per heavy atom. The van der Waals surface area contributed by atoms with Gasteiger partial charge in [0.2, 0.25) is 11.9 Å². The van der Waals surface area contributed by atoms with Gasteiger partial charge in [-0.15, -0.1) is 0 Å². The Hall–Kier alpha value is -5.38. The number of hydrogen-bond donors (Lipinski definition) is 0. The van der Waals surface area contributed by atoms with Gasteiger partial charge in [-0.25, -0.2) is 23.7 Å². The van der Waals surface area contributed by atoms with Crippen molar-refractivity contribution >= 4 is 5.65 Å². The van der Waals surface area contributed by atoms with E-state index in [0.717, 1.165) is 12.1 Å². The summed E-state index contributed by atoms with van der Waals surface area (Å²) in [6.45, 7) is 0.0878. The maximum Gasteiger partial charge on any atom is 0.349 e. The van der Waals surface area contributed by atoms with Crippen LogP contribution in [0.3, 0.4) is 0 Å². The van der Waals surface area contributed by atoms with Crippen LogP contribution in [-0.4, -0.2) is 19.4 Å². The van der Waals surface area contributed by atoms with Gasteiger partial charge < -0.3 is 5.11 Å². The summed E-state index contributed by atoms with van der Waals surface area (Å²) in [5, 5.41) is 13.8. The lowest BCUT2D eigenvalue weighted by Gasteiger charge is -2.18. The van der Waals surface area contributed by atoms with Gasteiger partial charge in [0.15, 0.2) is 0 Å². The molecule has 6 rings (SSSR count). The van der Waals surface area contributed by atoms with Crippen molar-refractivity contribution in [2.45, 2.75) is 6.54 Å². The molecule has 6 aromatic rings. The maximum atomic E-state index is 14.7. The SMILES string of the molecule is O=c1c(-c2ccc(F)c(-c3ccc(F)nc3)c2)c([O-])[n+](Cc2ccc(-c3ccc(F)nc3)nc2)c2ccccn12. The first-order chi connectivity index (χ1) is 19.4. The average Bonchev–Trinajstić information content (AvgIpc) is 2.97. The Bertz CT molecular complexity index is 1920. The van der Waals surface area contributed by atoms with Crippen molar-refractivity contribution in [3.63, 3.8) is 0 Å². The van der Waals surface area contributed by atoms with Gasteiger partial charge in [0.25, 0.3) is 5.65 Å². The van der Waals surface area contributed by atoms with E-state index in [1.807, 2.05) is 0 Å². The minimum Gasteiger partial charge on any atom is -0.842 e. The highest BCUT2D eigenvalue weighted by Crippen LogP contribution is 2.30. The zero-order valence-electron chi connectivity index (χ0n) is 20.6. The predicted octanol–water partition coefficient (Wildman–Crippen LogP) is 4.31. The predicted molar refractivity (Wildman–Crippen MR) is 138 cm³/mol. The zero-order valence-corrected chi connectivity index (χ0v) is 20.6. The third kappa shape index (κ3) is 4.55. The van der Waals surface area contributed by atoms with Crippen molar-refractivity contribution in [1.29, 1.82) is 0 Å². The Balaban J connectivity index is 1.46. The number of rotatable bonds is 5. The number of aromatic nitrogens is 5. The number of fused-ring (bicyclic) bond motifs is 1. The molecule has 0 amide bonds. The van der Waals surface area contributed by atoms with Crippen LogP contribution in [0.1, 0.15) is 5.56 Å². The van der Waals surface area contributed by atoms with E-state index < -0.39 is 29.2 Å². The Labute approximate surface area is 225 Å². The van der Waals surface area contributed by atoms with E-state index in [4.69, 9.17) is 0 Å². The number of pyridine rings is 4. The molecule has 5 heterocycles. The van der Waals surface area contributed by atoms with Crippen LogP contribution >= 0.6 is 0 Å². The van der Waals surface area contributed by atoms with Gasteiger partial charge in [0.05, 0.1) is 17.8 Å². The summed E-state index contributed by atoms with van der Waals surface area (Å²) in [6.07, 6.45) is 5.70. The van der Waals surface area contributed by atoms with Gasteiger partial charge >= 0.3 is 5.56 Å². The van der Waals surface area contributed by atoms with Gasteiger partial charge in [0.1, 0.15) is 17.9 Å². The van der Waals surface area contributed by atoms with Crippen molar-refractivity contribution < 1.29 is 22.8 Å². The van der Waals surface area contributed by atoms with Gasteiger partial charge in [-0.2, -0.15) is 13.2 Å². The third-order valence-corrected chi connectivity index (χ3v) is 6.49. The van der Waals surface area contributed by atoms with Crippen molar-refractivity contribution in [3.8, 4) is 39.4 Å². The quantitative estimate of drug-likeness (QED) is 0.242. The fourth-order valence-electron chi connectivity index (χ4n) is 4.51. The molecule has 0 saturated carbocycles. The van der Waals surface area contributed by atoms with E-state index in [9.17, 15) is 23.1 Å². The summed E-state index contributed by atoms with van der Waals surface area (Å²) >= 11 is 0. The van der Waals surface area contributed by atoms with Crippen molar-refractivity contribution in [2.75, 3.05) is 0 Å². The lowest BCUT2D eigenvalue weighted by molar-refractivity contribution is -0.708. The van der Waals surface area contributed by atoms with Crippen molar-refractivity contribution in [3.05, 3.63) is 131 Å². The molecule has 0 aliphatic carbocycles. The topological polar surface area (TPSA) is 87.1 Å². The van der Waals surface area contributed by atoms with Crippen LogP contribution in [0.5, 0.6) is 5.88 Å². The highest BCUT2D eigenvalue weighted by molar-refractivity contribution is 5.74. The molecule has 0 atom stereocenters. The van der Waals surface area contributed by atoms with Crippen LogP contribution in [0.15, 0.2) is 102 Å². The first kappa shape index (κ1) is 24.9. The van der Waals surface area contributed by atoms with E-state index in [2.05, 4.69) is 15.0 Å². The fourth-order valence-corrected chi connectivity index (χ4v) is 4.51. The Morgan fingerprint density at radius 2 is 1.50 bits per heavy atom. The van der Waals surface area contributed by atoms with E-state index in [1.54, 1.807) is 48.8 Å². The summed E-state index contributed by atoms with van der Waals surface area (Å²) in [5.41, 5.74) is 2.10. The van der Waals surface area contributed by atoms with Crippen LogP contribution in [0.25, 0.3) is 39.2 Å². The average molecular weight is 538 g/mol. The number of benzene rings is 1. The van der Waals surface area contributed by atoms with E-state index >= 15 is 0 Å². The minimum atomic E-state index is -0.715.